The summed E-state index contributed by atoms with van der Waals surface area (Å²) in [5.41, 5.74) is 0.159. The number of carbonyl (C=O) groups excluding carboxylic acids is 1. The molecule has 2 rings (SSSR count). The molecule has 0 spiro atoms. The van der Waals surface area contributed by atoms with Crippen LogP contribution in [0.2, 0.25) is 10.0 Å². The highest BCUT2D eigenvalue weighted by molar-refractivity contribution is 7.92. The van der Waals surface area contributed by atoms with E-state index in [-0.39, 0.29) is 26.7 Å². The Kier molecular flexibility index (Phi) is 7.53. The topological polar surface area (TPSA) is 66.5 Å². The summed E-state index contributed by atoms with van der Waals surface area (Å²) in [6.45, 7) is 3.50. The molecule has 0 saturated heterocycles. The standard InChI is InChI=1S/C19H22Cl2N2O3S/c1-3-8-14(2)22-18(24)13-23(17-12-7-11-16(20)19(17)21)27(25,26)15-9-5-4-6-10-15/h4-7,9-12,14H,3,8,13H2,1-2H3,(H,22,24)/t14-/m1/s1. The Balaban J connectivity index is 2.43. The number of benzene rings is 2. The second kappa shape index (κ2) is 9.44. The van der Waals surface area contributed by atoms with Crippen molar-refractivity contribution in [3.63, 3.8) is 0 Å². The summed E-state index contributed by atoms with van der Waals surface area (Å²) in [6.07, 6.45) is 1.71. The number of nitrogens with zero attached hydrogens (tertiary/aromatic N) is 1. The lowest BCUT2D eigenvalue weighted by Crippen LogP contribution is -2.43. The van der Waals surface area contributed by atoms with Gasteiger partial charge >= 0.3 is 0 Å². The van der Waals surface area contributed by atoms with Gasteiger partial charge in [0, 0.05) is 6.04 Å². The number of amides is 1. The Hall–Kier alpha value is -1.76. The number of nitrogens with one attached hydrogen (secondary N) is 1. The van der Waals surface area contributed by atoms with E-state index in [0.717, 1.165) is 17.1 Å². The molecule has 0 bridgehead atoms. The van der Waals surface area contributed by atoms with Crippen molar-refractivity contribution in [1.82, 2.24) is 5.32 Å². The Morgan fingerprint density at radius 2 is 1.78 bits per heavy atom. The third-order valence-corrected chi connectivity index (χ3v) is 6.53. The molecule has 1 N–H and O–H groups in total. The zero-order chi connectivity index (χ0) is 20.0. The molecule has 0 aliphatic carbocycles. The van der Waals surface area contributed by atoms with Gasteiger partial charge in [-0.3, -0.25) is 9.10 Å². The first kappa shape index (κ1) is 21.5. The molecule has 0 heterocycles. The molecule has 0 aliphatic rings. The Morgan fingerprint density at radius 1 is 1.11 bits per heavy atom. The highest BCUT2D eigenvalue weighted by atomic mass is 35.5. The molecule has 27 heavy (non-hydrogen) atoms. The number of rotatable bonds is 8. The molecule has 0 unspecified atom stereocenters. The van der Waals surface area contributed by atoms with Crippen LogP contribution < -0.4 is 9.62 Å². The van der Waals surface area contributed by atoms with Gasteiger partial charge in [-0.05, 0) is 37.6 Å². The van der Waals surface area contributed by atoms with Gasteiger partial charge in [0.1, 0.15) is 6.54 Å². The van der Waals surface area contributed by atoms with Crippen molar-refractivity contribution in [3.05, 3.63) is 58.6 Å². The van der Waals surface area contributed by atoms with E-state index < -0.39 is 22.5 Å². The van der Waals surface area contributed by atoms with Gasteiger partial charge in [0.2, 0.25) is 5.91 Å². The van der Waals surface area contributed by atoms with Gasteiger partial charge < -0.3 is 5.32 Å². The van der Waals surface area contributed by atoms with Gasteiger partial charge in [0.05, 0.1) is 20.6 Å². The zero-order valence-electron chi connectivity index (χ0n) is 15.2. The lowest BCUT2D eigenvalue weighted by Gasteiger charge is -2.26. The molecule has 1 amide bonds. The fourth-order valence-electron chi connectivity index (χ4n) is 2.66. The van der Waals surface area contributed by atoms with Crippen molar-refractivity contribution in [3.8, 4) is 0 Å². The van der Waals surface area contributed by atoms with Crippen LogP contribution in [-0.2, 0) is 14.8 Å². The predicted octanol–water partition coefficient (Wildman–Crippen LogP) is 4.49. The normalized spacial score (nSPS) is 12.4. The van der Waals surface area contributed by atoms with E-state index in [4.69, 9.17) is 23.2 Å². The molecule has 5 nitrogen and oxygen atoms in total. The highest BCUT2D eigenvalue weighted by Crippen LogP contribution is 2.35. The zero-order valence-corrected chi connectivity index (χ0v) is 17.5. The molecule has 0 radical (unpaired) electrons. The van der Waals surface area contributed by atoms with E-state index in [2.05, 4.69) is 5.32 Å². The van der Waals surface area contributed by atoms with E-state index in [1.807, 2.05) is 13.8 Å². The molecular formula is C19H22Cl2N2O3S. The van der Waals surface area contributed by atoms with Gasteiger partial charge in [-0.25, -0.2) is 8.42 Å². The van der Waals surface area contributed by atoms with E-state index in [9.17, 15) is 13.2 Å². The van der Waals surface area contributed by atoms with Crippen LogP contribution >= 0.6 is 23.2 Å². The maximum Gasteiger partial charge on any atom is 0.264 e. The van der Waals surface area contributed by atoms with Gasteiger partial charge in [-0.1, -0.05) is 60.8 Å². The molecule has 2 aromatic carbocycles. The first-order chi connectivity index (χ1) is 12.8. The summed E-state index contributed by atoms with van der Waals surface area (Å²) < 4.78 is 27.4. The molecule has 8 heteroatoms. The molecule has 1 atom stereocenters. The van der Waals surface area contributed by atoms with Gasteiger partial charge in [0.15, 0.2) is 0 Å². The van der Waals surface area contributed by atoms with Crippen LogP contribution in [0.1, 0.15) is 26.7 Å². The van der Waals surface area contributed by atoms with Gasteiger partial charge in [-0.2, -0.15) is 0 Å². The molecular weight excluding hydrogens is 407 g/mol. The van der Waals surface area contributed by atoms with Crippen molar-refractivity contribution in [2.24, 2.45) is 0 Å². The summed E-state index contributed by atoms with van der Waals surface area (Å²) in [7, 11) is -4.01. The van der Waals surface area contributed by atoms with Crippen LogP contribution in [0, 0.1) is 0 Å². The van der Waals surface area contributed by atoms with E-state index in [0.29, 0.717) is 0 Å². The average Bonchev–Trinajstić information content (AvgIpc) is 2.63. The lowest BCUT2D eigenvalue weighted by atomic mass is 10.2. The molecule has 2 aromatic rings. The van der Waals surface area contributed by atoms with Gasteiger partial charge in [0.25, 0.3) is 10.0 Å². The monoisotopic (exact) mass is 428 g/mol. The number of anilines is 1. The molecule has 146 valence electrons. The number of carbonyl (C=O) groups is 1. The Morgan fingerprint density at radius 3 is 2.41 bits per heavy atom. The minimum atomic E-state index is -4.01. The maximum atomic E-state index is 13.2. The molecule has 0 saturated carbocycles. The first-order valence-electron chi connectivity index (χ1n) is 8.58. The Bertz CT molecular complexity index is 889. The second-order valence-electron chi connectivity index (χ2n) is 6.15. The largest absolute Gasteiger partial charge is 0.352 e. The summed E-state index contributed by atoms with van der Waals surface area (Å²) in [4.78, 5) is 12.6. The van der Waals surface area contributed by atoms with Gasteiger partial charge in [-0.15, -0.1) is 0 Å². The highest BCUT2D eigenvalue weighted by Gasteiger charge is 2.29. The first-order valence-corrected chi connectivity index (χ1v) is 10.8. The lowest BCUT2D eigenvalue weighted by molar-refractivity contribution is -0.120. The Labute approximate surface area is 170 Å². The second-order valence-corrected chi connectivity index (χ2v) is 8.80. The van der Waals surface area contributed by atoms with Crippen LogP contribution in [0.25, 0.3) is 0 Å². The van der Waals surface area contributed by atoms with Crippen molar-refractivity contribution < 1.29 is 13.2 Å². The molecule has 0 aromatic heterocycles. The van der Waals surface area contributed by atoms with Crippen LogP contribution in [0.15, 0.2) is 53.4 Å². The number of hydrogen-bond acceptors (Lipinski definition) is 3. The van der Waals surface area contributed by atoms with Crippen LogP contribution in [0.5, 0.6) is 0 Å². The third kappa shape index (κ3) is 5.37. The minimum absolute atomic E-state index is 0.0568. The van der Waals surface area contributed by atoms with E-state index >= 15 is 0 Å². The predicted molar refractivity (Wildman–Crippen MR) is 110 cm³/mol. The average molecular weight is 429 g/mol. The van der Waals surface area contributed by atoms with Crippen molar-refractivity contribution in [2.75, 3.05) is 10.8 Å². The van der Waals surface area contributed by atoms with Crippen LogP contribution in [0.4, 0.5) is 5.69 Å². The fourth-order valence-corrected chi connectivity index (χ4v) is 4.56. The quantitative estimate of drug-likeness (QED) is 0.672. The van der Waals surface area contributed by atoms with Crippen molar-refractivity contribution in [2.45, 2.75) is 37.6 Å². The number of sulfonamides is 1. The van der Waals surface area contributed by atoms with E-state index in [1.54, 1.807) is 30.3 Å². The SMILES string of the molecule is CCC[C@@H](C)NC(=O)CN(c1cccc(Cl)c1Cl)S(=O)(=O)c1ccccc1. The number of hydrogen-bond donors (Lipinski definition) is 1. The fraction of sp³-hybridized carbons (Fsp3) is 0.316. The minimum Gasteiger partial charge on any atom is -0.352 e. The smallest absolute Gasteiger partial charge is 0.264 e. The third-order valence-electron chi connectivity index (χ3n) is 3.95. The van der Waals surface area contributed by atoms with Crippen LogP contribution in [0.3, 0.4) is 0 Å². The summed E-state index contributed by atoms with van der Waals surface area (Å²) in [6, 6.07) is 12.5. The van der Waals surface area contributed by atoms with Crippen LogP contribution in [-0.4, -0.2) is 26.9 Å². The summed E-state index contributed by atoms with van der Waals surface area (Å²) in [5.74, 6) is -0.411. The maximum absolute atomic E-state index is 13.2. The number of halogens is 2. The van der Waals surface area contributed by atoms with E-state index in [1.165, 1.54) is 18.2 Å². The molecule has 0 aliphatic heterocycles. The van der Waals surface area contributed by atoms with Crippen molar-refractivity contribution >= 4 is 44.8 Å². The summed E-state index contributed by atoms with van der Waals surface area (Å²) in [5, 5.41) is 3.10. The van der Waals surface area contributed by atoms with Crippen molar-refractivity contribution in [1.29, 1.82) is 0 Å². The summed E-state index contributed by atoms with van der Waals surface area (Å²) >= 11 is 12.3. The molecule has 0 fully saturated rings.